The fourth-order valence-corrected chi connectivity index (χ4v) is 9.61. The fourth-order valence-electron chi connectivity index (χ4n) is 9.61. The van der Waals surface area contributed by atoms with Gasteiger partial charge in [-0.3, -0.25) is 0 Å². The van der Waals surface area contributed by atoms with Crippen molar-refractivity contribution in [1.82, 2.24) is 0 Å². The number of hydrogen-bond acceptors (Lipinski definition) is 1. The van der Waals surface area contributed by atoms with Crippen molar-refractivity contribution in [2.75, 3.05) is 0 Å². The van der Waals surface area contributed by atoms with E-state index in [-0.39, 0.29) is 0 Å². The quantitative estimate of drug-likeness (QED) is 0.0840. The number of hydrogen-bond donors (Lipinski definition) is 0. The van der Waals surface area contributed by atoms with E-state index < -0.39 is 195 Å². The molecule has 1 heterocycles. The molecule has 1 saturated carbocycles. The number of ether oxygens (including phenoxy) is 1. The van der Waals surface area contributed by atoms with Crippen LogP contribution < -0.4 is 31.2 Å². The number of rotatable bonds is 8. The summed E-state index contributed by atoms with van der Waals surface area (Å²) in [6, 6.07) is 10.4. The Kier molecular flexibility index (Phi) is 16.7. The average molecular weight is 1180 g/mol. The molecule has 2 nitrogen and oxygen atoms in total. The molecule has 27 heteroatoms. The van der Waals surface area contributed by atoms with Crippen LogP contribution >= 0.6 is 0 Å². The van der Waals surface area contributed by atoms with Crippen LogP contribution in [0, 0.1) is 0 Å². The van der Waals surface area contributed by atoms with Gasteiger partial charge in [-0.05, 0) is 85.7 Å². The lowest BCUT2D eigenvalue weighted by atomic mass is 9.12. The van der Waals surface area contributed by atoms with Gasteiger partial charge in [0.1, 0.15) is 11.9 Å². The van der Waals surface area contributed by atoms with E-state index in [2.05, 4.69) is 71.6 Å². The zero-order chi connectivity index (χ0) is 60.1. The predicted octanol–water partition coefficient (Wildman–Crippen LogP) is 16.1. The Bertz CT molecular complexity index is 2920. The third-order valence-electron chi connectivity index (χ3n) is 13.3. The summed E-state index contributed by atoms with van der Waals surface area (Å²) in [5, 5.41) is 2.56. The topological polar surface area (TPSA) is 13.1 Å². The average Bonchev–Trinajstić information content (AvgIpc) is 3.19. The van der Waals surface area contributed by atoms with Crippen LogP contribution in [0.1, 0.15) is 82.2 Å². The van der Waals surface area contributed by atoms with Crippen molar-refractivity contribution >= 4 is 38.8 Å². The van der Waals surface area contributed by atoms with E-state index in [0.29, 0.717) is 6.10 Å². The third-order valence-corrected chi connectivity index (χ3v) is 13.3. The van der Waals surface area contributed by atoms with Gasteiger partial charge in [0.25, 0.3) is 0 Å². The minimum atomic E-state index is -6.13. The van der Waals surface area contributed by atoms with Crippen LogP contribution in [0.3, 0.4) is 0 Å². The Morgan fingerprint density at radius 2 is 0.654 bits per heavy atom. The summed E-state index contributed by atoms with van der Waals surface area (Å²) in [6.45, 7) is 0.883. The molecular weight excluding hydrogens is 1150 g/mol. The van der Waals surface area contributed by atoms with Gasteiger partial charge in [-0.15, -0.1) is 0 Å². The maximum atomic E-state index is 14.2. The van der Waals surface area contributed by atoms with Crippen molar-refractivity contribution in [3.8, 4) is 5.75 Å². The van der Waals surface area contributed by atoms with Gasteiger partial charge < -0.3 is 4.74 Å². The van der Waals surface area contributed by atoms with Gasteiger partial charge in [-0.2, -0.15) is 127 Å². The molecule has 0 amide bonds. The van der Waals surface area contributed by atoms with E-state index >= 15 is 0 Å². The summed E-state index contributed by atoms with van der Waals surface area (Å²) < 4.78 is 349. The molecule has 1 aromatic heterocycles. The van der Waals surface area contributed by atoms with E-state index in [1.165, 1.54) is 48.4 Å². The zero-order valence-electron chi connectivity index (χ0n) is 40.6. The summed E-state index contributed by atoms with van der Waals surface area (Å²) in [5.41, 5.74) is -28.9. The fraction of sp³-hybridized carbons (Fsp3) is 0.278. The molecule has 0 spiro atoms. The molecule has 0 radical (unpaired) electrons. The molecular formula is C54H36BF24NO. The second-order valence-corrected chi connectivity index (χ2v) is 19.0. The van der Waals surface area contributed by atoms with Gasteiger partial charge in [-0.25, -0.2) is 4.57 Å². The summed E-state index contributed by atoms with van der Waals surface area (Å²) >= 11 is 0. The first-order valence-corrected chi connectivity index (χ1v) is 23.6. The molecule has 1 aliphatic carbocycles. The molecule has 0 unspecified atom stereocenters. The first-order chi connectivity index (χ1) is 37.1. The highest BCUT2D eigenvalue weighted by molar-refractivity contribution is 7.20. The molecule has 1 fully saturated rings. The lowest BCUT2D eigenvalue weighted by molar-refractivity contribution is -0.687. The number of halogens is 24. The third kappa shape index (κ3) is 14.5. The number of aromatic nitrogens is 1. The van der Waals surface area contributed by atoms with Crippen molar-refractivity contribution in [3.63, 3.8) is 0 Å². The molecule has 7 aromatic rings. The molecule has 6 aromatic carbocycles. The van der Waals surface area contributed by atoms with Crippen molar-refractivity contribution in [2.45, 2.75) is 94.2 Å². The van der Waals surface area contributed by atoms with Gasteiger partial charge in [0.2, 0.25) is 0 Å². The number of nitrogens with zero attached hydrogens (tertiary/aromatic N) is 1. The number of alkyl halides is 24. The second-order valence-electron chi connectivity index (χ2n) is 19.0. The minimum Gasteiger partial charge on any atom is -0.490 e. The van der Waals surface area contributed by atoms with Crippen LogP contribution in [0.15, 0.2) is 140 Å². The van der Waals surface area contributed by atoms with Gasteiger partial charge in [0.15, 0.2) is 18.9 Å². The Labute approximate surface area is 442 Å². The van der Waals surface area contributed by atoms with Crippen molar-refractivity contribution < 1.29 is 115 Å². The van der Waals surface area contributed by atoms with Gasteiger partial charge in [0, 0.05) is 17.0 Å². The van der Waals surface area contributed by atoms with E-state index in [1.807, 2.05) is 0 Å². The minimum absolute atomic E-state index is 0.416. The largest absolute Gasteiger partial charge is 0.490 e. The van der Waals surface area contributed by atoms with E-state index in [4.69, 9.17) is 4.74 Å². The van der Waals surface area contributed by atoms with E-state index in [1.54, 1.807) is 0 Å². The maximum Gasteiger partial charge on any atom is 0.416 e. The first kappa shape index (κ1) is 61.5. The normalized spacial score (nSPS) is 14.7. The number of fused-ring (bicyclic) bond motifs is 1. The maximum absolute atomic E-state index is 14.2. The Morgan fingerprint density at radius 3 is 0.951 bits per heavy atom. The van der Waals surface area contributed by atoms with E-state index in [9.17, 15) is 105 Å². The summed E-state index contributed by atoms with van der Waals surface area (Å²) in [5.74, 6) is 1.01. The van der Waals surface area contributed by atoms with Crippen LogP contribution in [-0.4, -0.2) is 12.2 Å². The molecule has 0 N–H and O–H groups in total. The Morgan fingerprint density at radius 1 is 0.358 bits per heavy atom. The molecule has 0 bridgehead atoms. The Hall–Kier alpha value is -7.09. The van der Waals surface area contributed by atoms with Crippen molar-refractivity contribution in [2.24, 2.45) is 0 Å². The summed E-state index contributed by atoms with van der Waals surface area (Å²) in [7, 11) is 0. The lowest BCUT2D eigenvalue weighted by Crippen LogP contribution is -2.75. The van der Waals surface area contributed by atoms with Gasteiger partial charge in [0.05, 0.1) is 50.6 Å². The zero-order valence-corrected chi connectivity index (χ0v) is 40.6. The van der Waals surface area contributed by atoms with Crippen LogP contribution in [0.2, 0.25) is 0 Å². The van der Waals surface area contributed by atoms with Crippen molar-refractivity contribution in [1.29, 1.82) is 0 Å². The van der Waals surface area contributed by atoms with Crippen LogP contribution in [0.5, 0.6) is 5.75 Å². The Balaban J connectivity index is 0.000000323. The van der Waals surface area contributed by atoms with Crippen LogP contribution in [0.25, 0.3) is 10.8 Å². The van der Waals surface area contributed by atoms with Crippen LogP contribution in [-0.2, 0) is 56.0 Å². The SMILES string of the molecule is FC(F)(F)c1cc([B-](c2cc(C(F)(F)F)cc(C(F)(F)F)c2)(c2cc(C(F)(F)F)cc(C(F)(F)F)c2)c2cc(C(F)(F)F)cc(C(F)(F)F)c2)cc(C(F)(F)F)c1.c1ccc2c[n+](Cc3ccc(OC4CCCCC4)cc3)ccc2c1. The molecule has 1 aliphatic rings. The standard InChI is InChI=1S/C32H12BF24.C22H24NO/c34-25(35,36)13-1-14(26(37,38)39)6-21(5-13)33(22-7-15(27(40,41)42)2-16(8-22)28(43,44)45,23-9-17(29(46,47)48)3-18(10-23)30(49,50)51)24-11-19(31(52,53)54)4-20(12-24)32(55,56)57;1-2-8-21(9-3-1)24-22-12-10-18(11-13-22)16-23-15-14-19-6-4-5-7-20(19)17-23/h1-12H;4-7,10-15,17,21H,1-3,8-9,16H2/q-1;+1. The molecule has 0 atom stereocenters. The molecule has 0 saturated heterocycles. The molecule has 8 rings (SSSR count). The number of benzene rings is 6. The summed E-state index contributed by atoms with van der Waals surface area (Å²) in [6.07, 6.45) is -43.6. The highest BCUT2D eigenvalue weighted by atomic mass is 19.4. The molecule has 434 valence electrons. The predicted molar refractivity (Wildman–Crippen MR) is 247 cm³/mol. The van der Waals surface area contributed by atoms with E-state index in [0.717, 1.165) is 12.3 Å². The second kappa shape index (κ2) is 22.0. The monoisotopic (exact) mass is 1180 g/mol. The smallest absolute Gasteiger partial charge is 0.416 e. The van der Waals surface area contributed by atoms with Gasteiger partial charge in [-0.1, -0.05) is 73.2 Å². The molecule has 0 aliphatic heterocycles. The number of pyridine rings is 1. The highest BCUT2D eigenvalue weighted by Gasteiger charge is 2.47. The van der Waals surface area contributed by atoms with Crippen molar-refractivity contribution in [3.05, 3.63) is 190 Å². The summed E-state index contributed by atoms with van der Waals surface area (Å²) in [4.78, 5) is 0. The molecule has 81 heavy (non-hydrogen) atoms. The first-order valence-electron chi connectivity index (χ1n) is 23.6. The lowest BCUT2D eigenvalue weighted by Gasteiger charge is -2.46. The highest BCUT2D eigenvalue weighted by Crippen LogP contribution is 2.42. The van der Waals surface area contributed by atoms with Crippen LogP contribution in [0.4, 0.5) is 105 Å². The van der Waals surface area contributed by atoms with Gasteiger partial charge >= 0.3 is 49.4 Å².